The number of hydrogen-bond acceptors (Lipinski definition) is 1. The van der Waals surface area contributed by atoms with Crippen LogP contribution < -0.4 is 11.1 Å². The van der Waals surface area contributed by atoms with Gasteiger partial charge in [-0.25, -0.2) is 0 Å². The molecule has 0 aliphatic rings. The summed E-state index contributed by atoms with van der Waals surface area (Å²) in [5.74, 6) is 0. The lowest BCUT2D eigenvalue weighted by Crippen LogP contribution is -2.18. The third kappa shape index (κ3) is 1.35. The van der Waals surface area contributed by atoms with E-state index in [0.717, 1.165) is 11.3 Å². The molecule has 0 aliphatic carbocycles. The summed E-state index contributed by atoms with van der Waals surface area (Å²) < 4.78 is 0. The van der Waals surface area contributed by atoms with Crippen molar-refractivity contribution < 1.29 is 0 Å². The highest BCUT2D eigenvalue weighted by Crippen LogP contribution is 1.79. The third-order valence-corrected chi connectivity index (χ3v) is 1.49. The Hall–Kier alpha value is -0.720. The smallest absolute Gasteiger partial charge is 0.163 e. The standard InChI is InChI=1S/C6H9B2N/c1-4-5(7)2-3-6(8)9-4/h2-3H,7-8H2,1H3. The van der Waals surface area contributed by atoms with E-state index >= 15 is 0 Å². The number of rotatable bonds is 0. The number of nitrogens with zero attached hydrogens (tertiary/aromatic N) is 1. The fraction of sp³-hybridized carbons (Fsp3) is 0.167. The lowest BCUT2D eigenvalue weighted by molar-refractivity contribution is 1.26. The van der Waals surface area contributed by atoms with Gasteiger partial charge in [-0.2, -0.15) is 0 Å². The molecule has 0 bridgehead atoms. The first kappa shape index (κ1) is 6.40. The summed E-state index contributed by atoms with van der Waals surface area (Å²) in [7, 11) is 4.08. The van der Waals surface area contributed by atoms with E-state index in [2.05, 4.69) is 18.9 Å². The van der Waals surface area contributed by atoms with Crippen molar-refractivity contribution in [1.82, 2.24) is 4.98 Å². The second kappa shape index (κ2) is 2.26. The van der Waals surface area contributed by atoms with E-state index < -0.39 is 0 Å². The molecule has 0 saturated heterocycles. The van der Waals surface area contributed by atoms with Crippen molar-refractivity contribution in [3.63, 3.8) is 0 Å². The molecule has 0 N–H and O–H groups in total. The fourth-order valence-corrected chi connectivity index (χ4v) is 0.756. The molecule has 44 valence electrons. The number of aryl methyl sites for hydroxylation is 1. The van der Waals surface area contributed by atoms with Gasteiger partial charge in [-0.05, 0) is 12.5 Å². The normalized spacial score (nSPS) is 9.44. The molecule has 1 aromatic heterocycles. The maximum Gasteiger partial charge on any atom is 0.163 e. The minimum atomic E-state index is 1.10. The van der Waals surface area contributed by atoms with Crippen LogP contribution in [0.15, 0.2) is 12.1 Å². The highest BCUT2D eigenvalue weighted by Gasteiger charge is 1.90. The SMILES string of the molecule is Bc1ccc(B)c(C)n1. The average Bonchev–Trinajstić information content (AvgIpc) is 1.80. The summed E-state index contributed by atoms with van der Waals surface area (Å²) in [5, 5.41) is 0. The third-order valence-electron chi connectivity index (χ3n) is 1.49. The van der Waals surface area contributed by atoms with E-state index in [1.54, 1.807) is 0 Å². The van der Waals surface area contributed by atoms with Gasteiger partial charge in [0.05, 0.1) is 0 Å². The zero-order valence-electron chi connectivity index (χ0n) is 6.10. The van der Waals surface area contributed by atoms with E-state index in [9.17, 15) is 0 Å². The second-order valence-corrected chi connectivity index (χ2v) is 2.35. The lowest BCUT2D eigenvalue weighted by Gasteiger charge is -1.97. The van der Waals surface area contributed by atoms with E-state index in [0.29, 0.717) is 0 Å². The molecule has 1 aromatic rings. The molecule has 0 unspecified atom stereocenters. The summed E-state index contributed by atoms with van der Waals surface area (Å²) in [6.07, 6.45) is 0. The Morgan fingerprint density at radius 3 is 2.44 bits per heavy atom. The molecule has 3 heteroatoms. The van der Waals surface area contributed by atoms with Crippen molar-refractivity contribution in [2.45, 2.75) is 6.92 Å². The molecule has 1 rings (SSSR count). The van der Waals surface area contributed by atoms with Crippen LogP contribution in [0.3, 0.4) is 0 Å². The van der Waals surface area contributed by atoms with Crippen LogP contribution in [-0.4, -0.2) is 20.7 Å². The summed E-state index contributed by atoms with van der Waals surface area (Å²) in [4.78, 5) is 4.27. The molecule has 0 atom stereocenters. The van der Waals surface area contributed by atoms with E-state index in [-0.39, 0.29) is 0 Å². The van der Waals surface area contributed by atoms with Crippen molar-refractivity contribution in [3.05, 3.63) is 17.8 Å². The van der Waals surface area contributed by atoms with Gasteiger partial charge in [0, 0.05) is 5.69 Å². The summed E-state index contributed by atoms with van der Waals surface area (Å²) in [5.41, 5.74) is 3.49. The molecule has 0 aliphatic heterocycles. The van der Waals surface area contributed by atoms with Crippen molar-refractivity contribution in [2.75, 3.05) is 0 Å². The number of pyridine rings is 1. The molecular weight excluding hydrogens is 108 g/mol. The molecule has 0 radical (unpaired) electrons. The first-order valence-electron chi connectivity index (χ1n) is 3.11. The minimum absolute atomic E-state index is 1.10. The Morgan fingerprint density at radius 2 is 2.00 bits per heavy atom. The lowest BCUT2D eigenvalue weighted by atomic mass is 9.92. The predicted octanol–water partition coefficient (Wildman–Crippen LogP) is -2.09. The Labute approximate surface area is 57.3 Å². The van der Waals surface area contributed by atoms with Crippen LogP contribution in [0.4, 0.5) is 0 Å². The van der Waals surface area contributed by atoms with Gasteiger partial charge >= 0.3 is 0 Å². The van der Waals surface area contributed by atoms with Gasteiger partial charge in [0.1, 0.15) is 7.85 Å². The van der Waals surface area contributed by atoms with E-state index in [1.165, 1.54) is 5.46 Å². The van der Waals surface area contributed by atoms with Gasteiger partial charge in [0.25, 0.3) is 0 Å². The molecule has 0 amide bonds. The van der Waals surface area contributed by atoms with Crippen LogP contribution in [0.25, 0.3) is 0 Å². The second-order valence-electron chi connectivity index (χ2n) is 2.35. The maximum atomic E-state index is 4.27. The minimum Gasteiger partial charge on any atom is -0.270 e. The van der Waals surface area contributed by atoms with Crippen LogP contribution in [-0.2, 0) is 0 Å². The molecule has 9 heavy (non-hydrogen) atoms. The van der Waals surface area contributed by atoms with Gasteiger partial charge in [-0.1, -0.05) is 17.6 Å². The van der Waals surface area contributed by atoms with Crippen LogP contribution in [0.2, 0.25) is 0 Å². The molecule has 1 nitrogen and oxygen atoms in total. The molecule has 0 saturated carbocycles. The molecule has 0 aromatic carbocycles. The van der Waals surface area contributed by atoms with Gasteiger partial charge in [0.15, 0.2) is 7.85 Å². The Bertz CT molecular complexity index is 222. The van der Waals surface area contributed by atoms with E-state index in [1.807, 2.05) is 20.8 Å². The highest BCUT2D eigenvalue weighted by atomic mass is 14.7. The Kier molecular flexibility index (Phi) is 1.60. The van der Waals surface area contributed by atoms with Crippen LogP contribution >= 0.6 is 0 Å². The largest absolute Gasteiger partial charge is 0.270 e. The van der Waals surface area contributed by atoms with Crippen molar-refractivity contribution >= 4 is 26.7 Å². The quantitative estimate of drug-likeness (QED) is 0.355. The van der Waals surface area contributed by atoms with Crippen LogP contribution in [0.1, 0.15) is 5.69 Å². The summed E-state index contributed by atoms with van der Waals surface area (Å²) in [6, 6.07) is 4.12. The van der Waals surface area contributed by atoms with Gasteiger partial charge in [0.2, 0.25) is 0 Å². The van der Waals surface area contributed by atoms with Gasteiger partial charge < -0.3 is 0 Å². The van der Waals surface area contributed by atoms with E-state index in [4.69, 9.17) is 0 Å². The Morgan fingerprint density at radius 1 is 1.33 bits per heavy atom. The monoisotopic (exact) mass is 117 g/mol. The van der Waals surface area contributed by atoms with Crippen molar-refractivity contribution in [1.29, 1.82) is 0 Å². The maximum absolute atomic E-state index is 4.27. The van der Waals surface area contributed by atoms with Crippen LogP contribution in [0, 0.1) is 6.92 Å². The average molecular weight is 117 g/mol. The van der Waals surface area contributed by atoms with Gasteiger partial charge in [-0.3, -0.25) is 4.98 Å². The zero-order valence-corrected chi connectivity index (χ0v) is 6.10. The molecule has 0 spiro atoms. The Balaban J connectivity index is 3.17. The highest BCUT2D eigenvalue weighted by molar-refractivity contribution is 6.34. The van der Waals surface area contributed by atoms with Crippen molar-refractivity contribution in [2.24, 2.45) is 0 Å². The predicted molar refractivity (Wildman–Crippen MR) is 45.3 cm³/mol. The number of aromatic nitrogens is 1. The van der Waals surface area contributed by atoms with Crippen molar-refractivity contribution in [3.8, 4) is 0 Å². The van der Waals surface area contributed by atoms with Gasteiger partial charge in [-0.15, -0.1) is 0 Å². The molecule has 0 fully saturated rings. The first-order valence-corrected chi connectivity index (χ1v) is 3.11. The first-order chi connectivity index (χ1) is 4.20. The molecular formula is C6H9B2N. The summed E-state index contributed by atoms with van der Waals surface area (Å²) in [6.45, 7) is 2.03. The van der Waals surface area contributed by atoms with Crippen LogP contribution in [0.5, 0.6) is 0 Å². The fourth-order valence-electron chi connectivity index (χ4n) is 0.756. The number of hydrogen-bond donors (Lipinski definition) is 0. The zero-order chi connectivity index (χ0) is 6.85. The molecule has 1 heterocycles. The topological polar surface area (TPSA) is 12.9 Å². The summed E-state index contributed by atoms with van der Waals surface area (Å²) >= 11 is 0.